The highest BCUT2D eigenvalue weighted by Crippen LogP contribution is 2.05. The smallest absolute Gasteiger partial charge is 0.157 e. The zero-order valence-corrected chi connectivity index (χ0v) is 9.93. The third kappa shape index (κ3) is 8.54. The molecule has 0 aliphatic carbocycles. The Labute approximate surface area is 92.2 Å². The van der Waals surface area contributed by atoms with Crippen molar-refractivity contribution in [3.63, 3.8) is 0 Å². The minimum atomic E-state index is -0.0503. The van der Waals surface area contributed by atoms with Crippen LogP contribution >= 0.6 is 11.6 Å². The minimum absolute atomic E-state index is 0.0503. The first-order chi connectivity index (χ1) is 6.85. The van der Waals surface area contributed by atoms with Crippen LogP contribution in [0.3, 0.4) is 0 Å². The first kappa shape index (κ1) is 13.9. The van der Waals surface area contributed by atoms with Crippen LogP contribution in [0.2, 0.25) is 0 Å². The normalized spacial score (nSPS) is 11.7. The van der Waals surface area contributed by atoms with Crippen molar-refractivity contribution in [3.8, 4) is 0 Å². The van der Waals surface area contributed by atoms with Crippen molar-refractivity contribution in [2.75, 3.05) is 19.1 Å². The molecule has 0 aromatic heterocycles. The molecule has 0 aromatic rings. The van der Waals surface area contributed by atoms with Crippen LogP contribution in [0.4, 0.5) is 0 Å². The van der Waals surface area contributed by atoms with Crippen LogP contribution in [-0.4, -0.2) is 25.4 Å². The van der Waals surface area contributed by atoms with Gasteiger partial charge in [0.25, 0.3) is 0 Å². The first-order valence-corrected chi connectivity index (χ1v) is 5.82. The van der Waals surface area contributed by atoms with Gasteiger partial charge in [0.15, 0.2) is 6.29 Å². The predicted molar refractivity (Wildman–Crippen MR) is 60.8 cm³/mol. The maximum Gasteiger partial charge on any atom is 0.157 e. The maximum absolute atomic E-state index is 5.54. The Balaban J connectivity index is 3.48. The van der Waals surface area contributed by atoms with E-state index in [0.717, 1.165) is 19.3 Å². The molecular formula is C11H21ClO2. The van der Waals surface area contributed by atoms with Gasteiger partial charge in [0.1, 0.15) is 0 Å². The zero-order chi connectivity index (χ0) is 10.6. The van der Waals surface area contributed by atoms with Gasteiger partial charge in [-0.2, -0.15) is 0 Å². The summed E-state index contributed by atoms with van der Waals surface area (Å²) in [4.78, 5) is 0. The molecule has 0 aliphatic heterocycles. The fourth-order valence-corrected chi connectivity index (χ4v) is 1.24. The van der Waals surface area contributed by atoms with Crippen molar-refractivity contribution >= 4 is 11.6 Å². The van der Waals surface area contributed by atoms with E-state index in [9.17, 15) is 0 Å². The molecule has 0 saturated carbocycles. The summed E-state index contributed by atoms with van der Waals surface area (Å²) in [6.45, 7) is 5.37. The van der Waals surface area contributed by atoms with Crippen molar-refractivity contribution in [2.24, 2.45) is 0 Å². The predicted octanol–water partition coefficient (Wildman–Crippen LogP) is 3.35. The molecule has 0 atom stereocenters. The van der Waals surface area contributed by atoms with Crippen LogP contribution in [-0.2, 0) is 9.47 Å². The Kier molecular flexibility index (Phi) is 11.0. The number of hydrogen-bond acceptors (Lipinski definition) is 2. The van der Waals surface area contributed by atoms with Gasteiger partial charge in [-0.05, 0) is 26.7 Å². The van der Waals surface area contributed by atoms with Gasteiger partial charge in [-0.1, -0.05) is 12.2 Å². The Hall–Kier alpha value is -0.0500. The van der Waals surface area contributed by atoms with Gasteiger partial charge >= 0.3 is 0 Å². The van der Waals surface area contributed by atoms with Crippen LogP contribution in [0.5, 0.6) is 0 Å². The lowest BCUT2D eigenvalue weighted by Crippen LogP contribution is -2.16. The van der Waals surface area contributed by atoms with Gasteiger partial charge in [-0.25, -0.2) is 0 Å². The molecule has 0 radical (unpaired) electrons. The van der Waals surface area contributed by atoms with Crippen LogP contribution in [0, 0.1) is 0 Å². The highest BCUT2D eigenvalue weighted by atomic mass is 35.5. The average molecular weight is 221 g/mol. The van der Waals surface area contributed by atoms with E-state index in [2.05, 4.69) is 12.2 Å². The molecule has 3 heteroatoms. The van der Waals surface area contributed by atoms with Crippen molar-refractivity contribution in [2.45, 2.75) is 39.4 Å². The fraction of sp³-hybridized carbons (Fsp3) is 0.818. The summed E-state index contributed by atoms with van der Waals surface area (Å²) in [6, 6.07) is 0. The highest BCUT2D eigenvalue weighted by molar-refractivity contribution is 6.17. The average Bonchev–Trinajstić information content (AvgIpc) is 2.18. The van der Waals surface area contributed by atoms with E-state index in [0.29, 0.717) is 19.1 Å². The van der Waals surface area contributed by atoms with E-state index in [1.165, 1.54) is 0 Å². The Morgan fingerprint density at radius 2 is 1.64 bits per heavy atom. The fourth-order valence-electron chi connectivity index (χ4n) is 1.12. The molecule has 0 N–H and O–H groups in total. The van der Waals surface area contributed by atoms with Crippen LogP contribution in [0.25, 0.3) is 0 Å². The summed E-state index contributed by atoms with van der Waals surface area (Å²) in [5.41, 5.74) is 0. The lowest BCUT2D eigenvalue weighted by molar-refractivity contribution is -0.138. The molecule has 0 aromatic carbocycles. The number of allylic oxidation sites excluding steroid dienone is 2. The summed E-state index contributed by atoms with van der Waals surface area (Å²) in [5, 5.41) is 0. The Morgan fingerprint density at radius 1 is 1.07 bits per heavy atom. The lowest BCUT2D eigenvalue weighted by Gasteiger charge is -2.15. The number of halogens is 1. The minimum Gasteiger partial charge on any atom is -0.353 e. The molecular weight excluding hydrogens is 200 g/mol. The summed E-state index contributed by atoms with van der Waals surface area (Å²) in [7, 11) is 0. The van der Waals surface area contributed by atoms with E-state index < -0.39 is 0 Å². The first-order valence-electron chi connectivity index (χ1n) is 5.29. The summed E-state index contributed by atoms with van der Waals surface area (Å²) < 4.78 is 10.8. The second-order valence-corrected chi connectivity index (χ2v) is 3.24. The maximum atomic E-state index is 5.54. The Morgan fingerprint density at radius 3 is 2.14 bits per heavy atom. The Bertz CT molecular complexity index is 131. The second-order valence-electron chi connectivity index (χ2n) is 2.87. The molecule has 0 unspecified atom stereocenters. The van der Waals surface area contributed by atoms with E-state index in [-0.39, 0.29) is 6.29 Å². The van der Waals surface area contributed by atoms with Gasteiger partial charge in [0.2, 0.25) is 0 Å². The number of rotatable bonds is 9. The molecule has 0 rings (SSSR count). The third-order valence-corrected chi connectivity index (χ3v) is 1.93. The second kappa shape index (κ2) is 11.0. The molecule has 0 saturated heterocycles. The van der Waals surface area contributed by atoms with E-state index in [1.54, 1.807) is 0 Å². The van der Waals surface area contributed by atoms with Crippen LogP contribution < -0.4 is 0 Å². The molecule has 0 heterocycles. The summed E-state index contributed by atoms with van der Waals surface area (Å²) in [6.07, 6.45) is 7.03. The van der Waals surface area contributed by atoms with E-state index in [4.69, 9.17) is 21.1 Å². The summed E-state index contributed by atoms with van der Waals surface area (Å²) in [5.74, 6) is 0.691. The van der Waals surface area contributed by atoms with Crippen LogP contribution in [0.1, 0.15) is 33.1 Å². The standard InChI is InChI=1S/C11H21ClO2/c1-3-13-11(14-4-2)9-7-5-6-8-10-12/h5-6,11H,3-4,7-10H2,1-2H3/b6-5-. The molecule has 0 bridgehead atoms. The van der Waals surface area contributed by atoms with Crippen molar-refractivity contribution in [1.82, 2.24) is 0 Å². The van der Waals surface area contributed by atoms with E-state index >= 15 is 0 Å². The highest BCUT2D eigenvalue weighted by Gasteiger charge is 2.05. The molecule has 0 fully saturated rings. The topological polar surface area (TPSA) is 18.5 Å². The molecule has 14 heavy (non-hydrogen) atoms. The molecule has 0 aliphatic rings. The van der Waals surface area contributed by atoms with Gasteiger partial charge in [-0.3, -0.25) is 0 Å². The van der Waals surface area contributed by atoms with Crippen molar-refractivity contribution in [3.05, 3.63) is 12.2 Å². The van der Waals surface area contributed by atoms with Gasteiger partial charge in [0.05, 0.1) is 0 Å². The van der Waals surface area contributed by atoms with Crippen LogP contribution in [0.15, 0.2) is 12.2 Å². The van der Waals surface area contributed by atoms with Gasteiger partial charge < -0.3 is 9.47 Å². The molecule has 2 nitrogen and oxygen atoms in total. The van der Waals surface area contributed by atoms with Crippen molar-refractivity contribution < 1.29 is 9.47 Å². The SMILES string of the molecule is CCOC(CC/C=C\CCCl)OCC. The zero-order valence-electron chi connectivity index (χ0n) is 9.17. The number of ether oxygens (including phenoxy) is 2. The molecule has 0 spiro atoms. The van der Waals surface area contributed by atoms with E-state index in [1.807, 2.05) is 13.8 Å². The van der Waals surface area contributed by atoms with Gasteiger partial charge in [0, 0.05) is 25.5 Å². The molecule has 0 amide bonds. The third-order valence-electron chi connectivity index (χ3n) is 1.72. The van der Waals surface area contributed by atoms with Gasteiger partial charge in [-0.15, -0.1) is 11.6 Å². The number of alkyl halides is 1. The summed E-state index contributed by atoms with van der Waals surface area (Å²) >= 11 is 5.54. The molecule has 84 valence electrons. The van der Waals surface area contributed by atoms with Crippen molar-refractivity contribution in [1.29, 1.82) is 0 Å². The quantitative estimate of drug-likeness (QED) is 0.337. The largest absolute Gasteiger partial charge is 0.353 e. The lowest BCUT2D eigenvalue weighted by atomic mass is 10.2. The number of hydrogen-bond donors (Lipinski definition) is 0. The monoisotopic (exact) mass is 220 g/mol.